The number of hydrogen-bond acceptors (Lipinski definition) is 2. The number of morpholine rings is 1. The van der Waals surface area contributed by atoms with E-state index in [1.807, 2.05) is 0 Å². The Bertz CT molecular complexity index is 110. The van der Waals surface area contributed by atoms with Crippen molar-refractivity contribution in [3.63, 3.8) is 0 Å². The van der Waals surface area contributed by atoms with Gasteiger partial charge in [0.05, 0.1) is 13.2 Å². The highest BCUT2D eigenvalue weighted by Crippen LogP contribution is 2.09. The summed E-state index contributed by atoms with van der Waals surface area (Å²) in [6.45, 7) is 8.70. The standard InChI is InChI=1S/C10H21NO/c1-3-4-5-10(2)11-6-8-12-9-7-11/h10H,3-9H2,1-2H3/t10-/m1/s1. The summed E-state index contributed by atoms with van der Waals surface area (Å²) in [5.74, 6) is 0. The molecule has 0 saturated carbocycles. The molecule has 0 bridgehead atoms. The number of unbranched alkanes of at least 4 members (excludes halogenated alkanes) is 1. The van der Waals surface area contributed by atoms with Crippen molar-refractivity contribution in [2.75, 3.05) is 26.3 Å². The second-order valence-corrected chi connectivity index (χ2v) is 3.64. The highest BCUT2D eigenvalue weighted by Gasteiger charge is 2.15. The van der Waals surface area contributed by atoms with Crippen LogP contribution in [0.2, 0.25) is 0 Å². The van der Waals surface area contributed by atoms with Crippen LogP contribution < -0.4 is 0 Å². The van der Waals surface area contributed by atoms with Crippen LogP contribution in [-0.2, 0) is 4.74 Å². The molecule has 0 radical (unpaired) electrons. The molecule has 2 nitrogen and oxygen atoms in total. The van der Waals surface area contributed by atoms with E-state index in [1.165, 1.54) is 19.3 Å². The Hall–Kier alpha value is -0.0800. The molecule has 0 aromatic carbocycles. The van der Waals surface area contributed by atoms with E-state index < -0.39 is 0 Å². The Labute approximate surface area is 75.9 Å². The van der Waals surface area contributed by atoms with Crippen LogP contribution in [0.25, 0.3) is 0 Å². The van der Waals surface area contributed by atoms with E-state index in [1.54, 1.807) is 0 Å². The zero-order chi connectivity index (χ0) is 8.81. The fraction of sp³-hybridized carbons (Fsp3) is 1.00. The number of nitrogens with zero attached hydrogens (tertiary/aromatic N) is 1. The summed E-state index contributed by atoms with van der Waals surface area (Å²) in [6, 6.07) is 0.758. The molecule has 1 fully saturated rings. The minimum Gasteiger partial charge on any atom is -0.379 e. The zero-order valence-electron chi connectivity index (χ0n) is 8.38. The summed E-state index contributed by atoms with van der Waals surface area (Å²) in [5, 5.41) is 0. The van der Waals surface area contributed by atoms with Crippen molar-refractivity contribution in [3.8, 4) is 0 Å². The first-order valence-electron chi connectivity index (χ1n) is 5.16. The normalized spacial score (nSPS) is 22.5. The van der Waals surface area contributed by atoms with Gasteiger partial charge < -0.3 is 4.74 Å². The van der Waals surface area contributed by atoms with Crippen molar-refractivity contribution in [3.05, 3.63) is 0 Å². The van der Waals surface area contributed by atoms with Gasteiger partial charge in [-0.15, -0.1) is 0 Å². The van der Waals surface area contributed by atoms with Crippen LogP contribution >= 0.6 is 0 Å². The maximum absolute atomic E-state index is 5.31. The van der Waals surface area contributed by atoms with Gasteiger partial charge in [-0.1, -0.05) is 19.8 Å². The minimum atomic E-state index is 0.758. The van der Waals surface area contributed by atoms with Crippen LogP contribution in [0, 0.1) is 0 Å². The smallest absolute Gasteiger partial charge is 0.0594 e. The fourth-order valence-electron chi connectivity index (χ4n) is 1.70. The van der Waals surface area contributed by atoms with Gasteiger partial charge in [0.25, 0.3) is 0 Å². The number of ether oxygens (including phenoxy) is 1. The van der Waals surface area contributed by atoms with E-state index >= 15 is 0 Å². The summed E-state index contributed by atoms with van der Waals surface area (Å²) in [6.07, 6.45) is 4.02. The monoisotopic (exact) mass is 171 g/mol. The third-order valence-electron chi connectivity index (χ3n) is 2.64. The van der Waals surface area contributed by atoms with Crippen molar-refractivity contribution < 1.29 is 4.74 Å². The quantitative estimate of drug-likeness (QED) is 0.640. The summed E-state index contributed by atoms with van der Waals surface area (Å²) in [7, 11) is 0. The van der Waals surface area contributed by atoms with E-state index in [0.29, 0.717) is 0 Å². The number of rotatable bonds is 4. The third-order valence-corrected chi connectivity index (χ3v) is 2.64. The Morgan fingerprint density at radius 3 is 2.58 bits per heavy atom. The average Bonchev–Trinajstić information content (AvgIpc) is 2.15. The van der Waals surface area contributed by atoms with Crippen molar-refractivity contribution in [2.24, 2.45) is 0 Å². The van der Waals surface area contributed by atoms with Crippen LogP contribution in [0.4, 0.5) is 0 Å². The van der Waals surface area contributed by atoms with Crippen molar-refractivity contribution in [1.29, 1.82) is 0 Å². The van der Waals surface area contributed by atoms with Gasteiger partial charge in [0.1, 0.15) is 0 Å². The van der Waals surface area contributed by atoms with Crippen LogP contribution in [0.15, 0.2) is 0 Å². The molecule has 0 aromatic rings. The molecule has 0 aliphatic carbocycles. The first-order valence-corrected chi connectivity index (χ1v) is 5.16. The molecule has 1 heterocycles. The van der Waals surface area contributed by atoms with Crippen LogP contribution in [0.5, 0.6) is 0 Å². The summed E-state index contributed by atoms with van der Waals surface area (Å²) in [5.41, 5.74) is 0. The summed E-state index contributed by atoms with van der Waals surface area (Å²) >= 11 is 0. The molecular formula is C10H21NO. The molecule has 1 saturated heterocycles. The van der Waals surface area contributed by atoms with E-state index in [0.717, 1.165) is 32.3 Å². The van der Waals surface area contributed by atoms with Crippen molar-refractivity contribution >= 4 is 0 Å². The van der Waals surface area contributed by atoms with Gasteiger partial charge in [-0.2, -0.15) is 0 Å². The van der Waals surface area contributed by atoms with Gasteiger partial charge in [0, 0.05) is 19.1 Å². The van der Waals surface area contributed by atoms with Gasteiger partial charge in [0.2, 0.25) is 0 Å². The molecule has 12 heavy (non-hydrogen) atoms. The van der Waals surface area contributed by atoms with Crippen LogP contribution in [-0.4, -0.2) is 37.2 Å². The maximum Gasteiger partial charge on any atom is 0.0594 e. The second kappa shape index (κ2) is 5.55. The molecule has 0 amide bonds. The van der Waals surface area contributed by atoms with E-state index in [2.05, 4.69) is 18.7 Å². The Kier molecular flexibility index (Phi) is 4.62. The van der Waals surface area contributed by atoms with Gasteiger partial charge in [-0.05, 0) is 13.3 Å². The first kappa shape index (κ1) is 10.0. The lowest BCUT2D eigenvalue weighted by atomic mass is 10.1. The molecule has 2 heteroatoms. The Balaban J connectivity index is 2.15. The summed E-state index contributed by atoms with van der Waals surface area (Å²) < 4.78 is 5.31. The van der Waals surface area contributed by atoms with Gasteiger partial charge in [-0.3, -0.25) is 4.90 Å². The van der Waals surface area contributed by atoms with E-state index in [9.17, 15) is 0 Å². The van der Waals surface area contributed by atoms with Gasteiger partial charge in [-0.25, -0.2) is 0 Å². The molecule has 0 unspecified atom stereocenters. The second-order valence-electron chi connectivity index (χ2n) is 3.64. The Morgan fingerprint density at radius 1 is 1.33 bits per heavy atom. The van der Waals surface area contributed by atoms with Crippen molar-refractivity contribution in [1.82, 2.24) is 4.90 Å². The molecule has 1 rings (SSSR count). The number of hydrogen-bond donors (Lipinski definition) is 0. The fourth-order valence-corrected chi connectivity index (χ4v) is 1.70. The molecule has 1 aliphatic rings. The molecular weight excluding hydrogens is 150 g/mol. The topological polar surface area (TPSA) is 12.5 Å². The van der Waals surface area contributed by atoms with E-state index in [4.69, 9.17) is 4.74 Å². The average molecular weight is 171 g/mol. The molecule has 1 aliphatic heterocycles. The SMILES string of the molecule is CCCC[C@@H](C)N1CCOCC1. The van der Waals surface area contributed by atoms with Crippen molar-refractivity contribution in [2.45, 2.75) is 39.2 Å². The van der Waals surface area contributed by atoms with Gasteiger partial charge >= 0.3 is 0 Å². The molecule has 0 spiro atoms. The predicted molar refractivity (Wildman–Crippen MR) is 51.4 cm³/mol. The van der Waals surface area contributed by atoms with Gasteiger partial charge in [0.15, 0.2) is 0 Å². The summed E-state index contributed by atoms with van der Waals surface area (Å²) in [4.78, 5) is 2.54. The van der Waals surface area contributed by atoms with E-state index in [-0.39, 0.29) is 0 Å². The maximum atomic E-state index is 5.31. The zero-order valence-corrected chi connectivity index (χ0v) is 8.38. The predicted octanol–water partition coefficient (Wildman–Crippen LogP) is 1.90. The highest BCUT2D eigenvalue weighted by molar-refractivity contribution is 4.69. The molecule has 0 N–H and O–H groups in total. The largest absolute Gasteiger partial charge is 0.379 e. The molecule has 0 aromatic heterocycles. The highest BCUT2D eigenvalue weighted by atomic mass is 16.5. The first-order chi connectivity index (χ1) is 5.84. The lowest BCUT2D eigenvalue weighted by Gasteiger charge is -2.32. The minimum absolute atomic E-state index is 0.758. The molecule has 1 atom stereocenters. The third kappa shape index (κ3) is 3.11. The molecule has 72 valence electrons. The lowest BCUT2D eigenvalue weighted by molar-refractivity contribution is 0.0182. The lowest BCUT2D eigenvalue weighted by Crippen LogP contribution is -2.42. The van der Waals surface area contributed by atoms with Crippen LogP contribution in [0.3, 0.4) is 0 Å². The Morgan fingerprint density at radius 2 is 2.00 bits per heavy atom. The van der Waals surface area contributed by atoms with Crippen LogP contribution in [0.1, 0.15) is 33.1 Å².